The van der Waals surface area contributed by atoms with Crippen LogP contribution in [0.1, 0.15) is 17.2 Å². The summed E-state index contributed by atoms with van der Waals surface area (Å²) < 4.78 is 0. The van der Waals surface area contributed by atoms with Crippen molar-refractivity contribution in [3.05, 3.63) is 100 Å². The molecule has 0 saturated carbocycles. The molecule has 1 N–H and O–H groups in total. The van der Waals surface area contributed by atoms with Crippen molar-refractivity contribution in [3.8, 4) is 0 Å². The highest BCUT2D eigenvalue weighted by Crippen LogP contribution is 2.47. The second-order valence-electron chi connectivity index (χ2n) is 8.01. The van der Waals surface area contributed by atoms with Crippen LogP contribution < -0.4 is 10.2 Å². The van der Waals surface area contributed by atoms with E-state index in [1.54, 1.807) is 24.3 Å². The maximum atomic E-state index is 13.6. The van der Waals surface area contributed by atoms with E-state index in [0.717, 1.165) is 11.1 Å². The molecule has 2 heterocycles. The Morgan fingerprint density at radius 2 is 1.45 bits per heavy atom. The molecule has 3 aromatic carbocycles. The van der Waals surface area contributed by atoms with Crippen LogP contribution >= 0.6 is 23.2 Å². The lowest BCUT2D eigenvalue weighted by Gasteiger charge is -2.23. The lowest BCUT2D eigenvalue weighted by molar-refractivity contribution is -0.123. The molecule has 0 unspecified atom stereocenters. The number of hydrogen-bond acceptors (Lipinski definition) is 3. The molecule has 0 aromatic heterocycles. The van der Waals surface area contributed by atoms with E-state index in [9.17, 15) is 9.59 Å². The molecular weight excluding hydrogens is 431 g/mol. The van der Waals surface area contributed by atoms with E-state index in [2.05, 4.69) is 5.32 Å². The number of carbonyl (C=O) groups excluding carboxylic acids is 2. The number of rotatable bonds is 4. The fraction of sp³-hybridized carbons (Fsp3) is 0.200. The van der Waals surface area contributed by atoms with Crippen LogP contribution in [0, 0.1) is 11.8 Å². The molecule has 3 aromatic rings. The highest BCUT2D eigenvalue weighted by molar-refractivity contribution is 6.35. The van der Waals surface area contributed by atoms with Crippen molar-refractivity contribution in [1.29, 1.82) is 0 Å². The molecule has 6 heteroatoms. The van der Waals surface area contributed by atoms with Gasteiger partial charge in [0.05, 0.1) is 17.5 Å². The number of para-hydroxylation sites is 1. The second-order valence-corrected chi connectivity index (χ2v) is 8.85. The third-order valence-electron chi connectivity index (χ3n) is 6.19. The molecule has 2 aliphatic rings. The van der Waals surface area contributed by atoms with Crippen LogP contribution in [0.25, 0.3) is 0 Å². The van der Waals surface area contributed by atoms with Gasteiger partial charge in [-0.25, -0.2) is 4.90 Å². The first-order valence-electron chi connectivity index (χ1n) is 10.2. The zero-order valence-corrected chi connectivity index (χ0v) is 18.1. The van der Waals surface area contributed by atoms with E-state index in [4.69, 9.17) is 23.2 Å². The second kappa shape index (κ2) is 8.12. The maximum absolute atomic E-state index is 13.6. The Balaban J connectivity index is 1.56. The number of halogens is 2. The quantitative estimate of drug-likeness (QED) is 0.565. The topological polar surface area (TPSA) is 49.4 Å². The molecule has 2 aliphatic heterocycles. The molecule has 4 atom stereocenters. The van der Waals surface area contributed by atoms with Gasteiger partial charge in [-0.2, -0.15) is 0 Å². The summed E-state index contributed by atoms with van der Waals surface area (Å²) >= 11 is 12.6. The van der Waals surface area contributed by atoms with Crippen LogP contribution in [0.15, 0.2) is 78.9 Å². The minimum absolute atomic E-state index is 0.165. The lowest BCUT2D eigenvalue weighted by atomic mass is 9.85. The number of fused-ring (bicyclic) bond motifs is 1. The Hall–Kier alpha value is -2.66. The van der Waals surface area contributed by atoms with Gasteiger partial charge in [0.25, 0.3) is 0 Å². The number of nitrogens with zero attached hydrogens (tertiary/aromatic N) is 1. The first-order chi connectivity index (χ1) is 15.0. The maximum Gasteiger partial charge on any atom is 0.239 e. The molecular formula is C25H20Cl2N2O2. The Morgan fingerprint density at radius 3 is 2.13 bits per heavy atom. The summed E-state index contributed by atoms with van der Waals surface area (Å²) in [5.74, 6) is -1.35. The highest BCUT2D eigenvalue weighted by Gasteiger charge is 2.59. The molecule has 31 heavy (non-hydrogen) atoms. The van der Waals surface area contributed by atoms with E-state index < -0.39 is 11.8 Å². The van der Waals surface area contributed by atoms with Gasteiger partial charge in [0.1, 0.15) is 0 Å². The van der Waals surface area contributed by atoms with Gasteiger partial charge in [0.2, 0.25) is 11.8 Å². The van der Waals surface area contributed by atoms with Crippen molar-refractivity contribution < 1.29 is 9.59 Å². The number of benzene rings is 3. The van der Waals surface area contributed by atoms with E-state index in [1.807, 2.05) is 54.6 Å². The van der Waals surface area contributed by atoms with E-state index in [0.29, 0.717) is 22.2 Å². The van der Waals surface area contributed by atoms with Gasteiger partial charge in [-0.05, 0) is 41.8 Å². The summed E-state index contributed by atoms with van der Waals surface area (Å²) in [5, 5.41) is 4.57. The van der Waals surface area contributed by atoms with Crippen molar-refractivity contribution >= 4 is 40.7 Å². The van der Waals surface area contributed by atoms with E-state index in [1.165, 1.54) is 4.90 Å². The molecule has 4 nitrogen and oxygen atoms in total. The Labute approximate surface area is 190 Å². The third kappa shape index (κ3) is 3.55. The largest absolute Gasteiger partial charge is 0.305 e. The first-order valence-corrected chi connectivity index (χ1v) is 11.0. The predicted octanol–water partition coefficient (Wildman–Crippen LogP) is 5.05. The zero-order valence-electron chi connectivity index (χ0n) is 16.5. The third-order valence-corrected chi connectivity index (χ3v) is 6.76. The van der Waals surface area contributed by atoms with Crippen LogP contribution in [-0.2, 0) is 16.0 Å². The van der Waals surface area contributed by atoms with Crippen LogP contribution in [0.2, 0.25) is 10.0 Å². The lowest BCUT2D eigenvalue weighted by Crippen LogP contribution is -2.40. The summed E-state index contributed by atoms with van der Waals surface area (Å²) in [4.78, 5) is 28.4. The van der Waals surface area contributed by atoms with Gasteiger partial charge in [-0.3, -0.25) is 9.59 Å². The van der Waals surface area contributed by atoms with Gasteiger partial charge in [0.15, 0.2) is 0 Å². The van der Waals surface area contributed by atoms with Gasteiger partial charge in [-0.15, -0.1) is 0 Å². The number of amides is 2. The molecule has 5 rings (SSSR count). The number of nitrogens with one attached hydrogen (secondary N) is 1. The Bertz CT molecular complexity index is 1140. The van der Waals surface area contributed by atoms with Crippen molar-refractivity contribution in [2.45, 2.75) is 18.5 Å². The van der Waals surface area contributed by atoms with Gasteiger partial charge >= 0.3 is 0 Å². The fourth-order valence-corrected chi connectivity index (χ4v) is 5.37. The molecule has 0 radical (unpaired) electrons. The van der Waals surface area contributed by atoms with Crippen LogP contribution in [0.5, 0.6) is 0 Å². The van der Waals surface area contributed by atoms with Crippen LogP contribution in [-0.4, -0.2) is 17.9 Å². The van der Waals surface area contributed by atoms with Gasteiger partial charge in [0, 0.05) is 22.1 Å². The fourth-order valence-electron chi connectivity index (χ4n) is 4.85. The number of carbonyl (C=O) groups is 2. The van der Waals surface area contributed by atoms with E-state index >= 15 is 0 Å². The van der Waals surface area contributed by atoms with Crippen molar-refractivity contribution in [2.24, 2.45) is 11.8 Å². The predicted molar refractivity (Wildman–Crippen MR) is 122 cm³/mol. The van der Waals surface area contributed by atoms with Crippen LogP contribution in [0.4, 0.5) is 5.69 Å². The van der Waals surface area contributed by atoms with Gasteiger partial charge in [-0.1, -0.05) is 77.8 Å². The van der Waals surface area contributed by atoms with Crippen molar-refractivity contribution in [2.75, 3.05) is 4.90 Å². The molecule has 2 saturated heterocycles. The average Bonchev–Trinajstić information content (AvgIpc) is 3.26. The minimum atomic E-state index is -0.528. The number of hydrogen-bond donors (Lipinski definition) is 1. The smallest absolute Gasteiger partial charge is 0.239 e. The molecule has 2 amide bonds. The monoisotopic (exact) mass is 450 g/mol. The number of imide groups is 1. The van der Waals surface area contributed by atoms with Crippen LogP contribution in [0.3, 0.4) is 0 Å². The van der Waals surface area contributed by atoms with Gasteiger partial charge < -0.3 is 5.32 Å². The summed E-state index contributed by atoms with van der Waals surface area (Å²) in [6, 6.07) is 23.8. The summed E-state index contributed by atoms with van der Waals surface area (Å²) in [7, 11) is 0. The molecule has 0 spiro atoms. The SMILES string of the molecule is O=C1[C@@H]2[C@H](C(=O)N1c1ccccc1)[C@H](Cc1ccccc1)N[C@H]2c1ccc(Cl)cc1Cl. The molecule has 156 valence electrons. The zero-order chi connectivity index (χ0) is 21.5. The van der Waals surface area contributed by atoms with Crippen molar-refractivity contribution in [3.63, 3.8) is 0 Å². The average molecular weight is 451 g/mol. The summed E-state index contributed by atoms with van der Waals surface area (Å²) in [6.45, 7) is 0. The van der Waals surface area contributed by atoms with E-state index in [-0.39, 0.29) is 23.9 Å². The standard InChI is InChI=1S/C25H20Cl2N2O2/c26-16-11-12-18(19(27)14-16)23-22-21(20(28-23)13-15-7-3-1-4-8-15)24(30)29(25(22)31)17-9-5-2-6-10-17/h1-12,14,20-23,28H,13H2/t20-,21+,22+,23-/m0/s1. The summed E-state index contributed by atoms with van der Waals surface area (Å²) in [5.41, 5.74) is 2.50. The van der Waals surface area contributed by atoms with Crippen molar-refractivity contribution in [1.82, 2.24) is 5.32 Å². The number of anilines is 1. The minimum Gasteiger partial charge on any atom is -0.305 e. The normalized spacial score (nSPS) is 25.2. The first kappa shape index (κ1) is 20.3. The molecule has 0 bridgehead atoms. The molecule has 2 fully saturated rings. The Morgan fingerprint density at radius 1 is 0.806 bits per heavy atom. The highest BCUT2D eigenvalue weighted by atomic mass is 35.5. The Kier molecular flexibility index (Phi) is 5.30. The summed E-state index contributed by atoms with van der Waals surface area (Å²) in [6.07, 6.45) is 0.644. The molecule has 0 aliphatic carbocycles.